The third-order valence-corrected chi connectivity index (χ3v) is 4.63. The maximum atomic E-state index is 5.28. The van der Waals surface area contributed by atoms with Crippen LogP contribution in [0.3, 0.4) is 0 Å². The van der Waals surface area contributed by atoms with Crippen molar-refractivity contribution in [1.29, 1.82) is 0 Å². The number of benzene rings is 1. The van der Waals surface area contributed by atoms with E-state index in [-0.39, 0.29) is 0 Å². The van der Waals surface area contributed by atoms with Crippen LogP contribution in [0.25, 0.3) is 0 Å². The summed E-state index contributed by atoms with van der Waals surface area (Å²) in [5, 5.41) is 3.59. The number of hydrogen-bond donors (Lipinski definition) is 1. The highest BCUT2D eigenvalue weighted by Crippen LogP contribution is 2.37. The van der Waals surface area contributed by atoms with Crippen LogP contribution in [0.1, 0.15) is 29.9 Å². The second-order valence-corrected chi connectivity index (χ2v) is 6.39. The molecule has 3 nitrogen and oxygen atoms in total. The highest BCUT2D eigenvalue weighted by atomic mass is 79.9. The summed E-state index contributed by atoms with van der Waals surface area (Å²) in [6, 6.07) is 13.3. The first kappa shape index (κ1) is 14.5. The van der Waals surface area contributed by atoms with Crippen molar-refractivity contribution in [2.24, 2.45) is 0 Å². The molecule has 0 aliphatic heterocycles. The van der Waals surface area contributed by atoms with Crippen molar-refractivity contribution in [1.82, 2.24) is 10.3 Å². The van der Waals surface area contributed by atoms with Crippen molar-refractivity contribution in [3.8, 4) is 5.88 Å². The van der Waals surface area contributed by atoms with Gasteiger partial charge in [-0.15, -0.1) is 0 Å². The topological polar surface area (TPSA) is 34.1 Å². The monoisotopic (exact) mass is 346 g/mol. The lowest BCUT2D eigenvalue weighted by molar-refractivity contribution is 0.287. The molecular formula is C17H19BrN2O. The molecule has 0 radical (unpaired) electrons. The van der Waals surface area contributed by atoms with E-state index in [2.05, 4.69) is 56.6 Å². The predicted octanol–water partition coefficient (Wildman–Crippen LogP) is 3.89. The summed E-state index contributed by atoms with van der Waals surface area (Å²) in [5.41, 5.74) is 2.56. The minimum Gasteiger partial charge on any atom is -0.481 e. The number of nitrogens with zero attached hydrogens (tertiary/aromatic N) is 1. The van der Waals surface area contributed by atoms with Gasteiger partial charge in [-0.2, -0.15) is 0 Å². The fourth-order valence-electron chi connectivity index (χ4n) is 2.79. The van der Waals surface area contributed by atoms with Crippen LogP contribution in [0, 0.1) is 0 Å². The van der Waals surface area contributed by atoms with Crippen molar-refractivity contribution in [2.45, 2.75) is 31.3 Å². The molecule has 1 aliphatic carbocycles. The maximum absolute atomic E-state index is 5.28. The van der Waals surface area contributed by atoms with Crippen LogP contribution in [0.5, 0.6) is 5.88 Å². The number of ether oxygens (including phenoxy) is 1. The Bertz CT molecular complexity index is 594. The van der Waals surface area contributed by atoms with E-state index in [1.807, 2.05) is 6.07 Å². The van der Waals surface area contributed by atoms with E-state index in [0.717, 1.165) is 16.6 Å². The molecule has 4 heteroatoms. The van der Waals surface area contributed by atoms with Gasteiger partial charge in [0.25, 0.3) is 0 Å². The average molecular weight is 347 g/mol. The van der Waals surface area contributed by atoms with Crippen LogP contribution in [0.2, 0.25) is 0 Å². The predicted molar refractivity (Wildman–Crippen MR) is 87.5 cm³/mol. The van der Waals surface area contributed by atoms with E-state index < -0.39 is 0 Å². The Kier molecular flexibility index (Phi) is 4.56. The molecule has 110 valence electrons. The molecule has 3 rings (SSSR count). The first-order valence-electron chi connectivity index (χ1n) is 7.23. The Morgan fingerprint density at radius 1 is 1.24 bits per heavy atom. The molecule has 1 aliphatic rings. The van der Waals surface area contributed by atoms with Crippen LogP contribution in [-0.2, 0) is 6.54 Å². The summed E-state index contributed by atoms with van der Waals surface area (Å²) in [7, 11) is 1.67. The van der Waals surface area contributed by atoms with Crippen LogP contribution < -0.4 is 10.1 Å². The molecule has 0 amide bonds. The van der Waals surface area contributed by atoms with E-state index >= 15 is 0 Å². The molecule has 1 fully saturated rings. The van der Waals surface area contributed by atoms with Gasteiger partial charge in [0.15, 0.2) is 0 Å². The highest BCUT2D eigenvalue weighted by molar-refractivity contribution is 9.10. The Hall–Kier alpha value is -1.39. The first-order valence-corrected chi connectivity index (χ1v) is 8.02. The van der Waals surface area contributed by atoms with Gasteiger partial charge in [-0.25, -0.2) is 4.98 Å². The quantitative estimate of drug-likeness (QED) is 0.891. The SMILES string of the molecule is COc1ncccc1CNC1CC(c2ccc(Br)cc2)C1. The lowest BCUT2D eigenvalue weighted by Crippen LogP contribution is -2.39. The lowest BCUT2D eigenvalue weighted by Gasteiger charge is -2.36. The van der Waals surface area contributed by atoms with E-state index in [4.69, 9.17) is 4.74 Å². The van der Waals surface area contributed by atoms with Gasteiger partial charge in [0.1, 0.15) is 0 Å². The number of methoxy groups -OCH3 is 1. The standard InChI is InChI=1S/C17H19BrN2O/c1-21-17-13(3-2-8-19-17)11-20-16-9-14(10-16)12-4-6-15(18)7-5-12/h2-8,14,16,20H,9-11H2,1H3. The Morgan fingerprint density at radius 2 is 2.00 bits per heavy atom. The van der Waals surface area contributed by atoms with E-state index in [1.54, 1.807) is 13.3 Å². The summed E-state index contributed by atoms with van der Waals surface area (Å²) in [6.07, 6.45) is 4.16. The molecule has 1 aromatic carbocycles. The molecule has 0 spiro atoms. The number of nitrogens with one attached hydrogen (secondary N) is 1. The van der Waals surface area contributed by atoms with Gasteiger partial charge in [0, 0.05) is 28.8 Å². The third kappa shape index (κ3) is 3.44. The van der Waals surface area contributed by atoms with Crippen LogP contribution >= 0.6 is 15.9 Å². The van der Waals surface area contributed by atoms with Gasteiger partial charge < -0.3 is 10.1 Å². The Morgan fingerprint density at radius 3 is 2.71 bits per heavy atom. The van der Waals surface area contributed by atoms with Crippen LogP contribution in [-0.4, -0.2) is 18.1 Å². The number of pyridine rings is 1. The summed E-state index contributed by atoms with van der Waals surface area (Å²) >= 11 is 3.48. The molecule has 0 unspecified atom stereocenters. The summed E-state index contributed by atoms with van der Waals surface area (Å²) < 4.78 is 6.42. The smallest absolute Gasteiger partial charge is 0.217 e. The molecule has 1 saturated carbocycles. The minimum absolute atomic E-state index is 0.587. The van der Waals surface area contributed by atoms with Crippen molar-refractivity contribution < 1.29 is 4.74 Å². The van der Waals surface area contributed by atoms with Gasteiger partial charge in [-0.3, -0.25) is 0 Å². The third-order valence-electron chi connectivity index (χ3n) is 4.10. The van der Waals surface area contributed by atoms with Crippen molar-refractivity contribution in [3.05, 3.63) is 58.2 Å². The van der Waals surface area contributed by atoms with E-state index in [0.29, 0.717) is 17.8 Å². The van der Waals surface area contributed by atoms with Gasteiger partial charge in [0.05, 0.1) is 7.11 Å². The Labute approximate surface area is 133 Å². The van der Waals surface area contributed by atoms with Gasteiger partial charge in [-0.1, -0.05) is 34.1 Å². The maximum Gasteiger partial charge on any atom is 0.217 e. The molecule has 0 saturated heterocycles. The zero-order chi connectivity index (χ0) is 14.7. The summed E-state index contributed by atoms with van der Waals surface area (Å²) in [5.74, 6) is 1.40. The number of halogens is 1. The minimum atomic E-state index is 0.587. The fraction of sp³-hybridized carbons (Fsp3) is 0.353. The molecule has 1 heterocycles. The van der Waals surface area contributed by atoms with Crippen molar-refractivity contribution in [3.63, 3.8) is 0 Å². The zero-order valence-corrected chi connectivity index (χ0v) is 13.6. The Balaban J connectivity index is 1.50. The molecule has 0 bridgehead atoms. The van der Waals surface area contributed by atoms with Gasteiger partial charge >= 0.3 is 0 Å². The van der Waals surface area contributed by atoms with Crippen molar-refractivity contribution >= 4 is 15.9 Å². The molecule has 0 atom stereocenters. The van der Waals surface area contributed by atoms with Gasteiger partial charge in [-0.05, 0) is 42.5 Å². The molecule has 2 aromatic rings. The second-order valence-electron chi connectivity index (χ2n) is 5.47. The molecule has 1 aromatic heterocycles. The summed E-state index contributed by atoms with van der Waals surface area (Å²) in [4.78, 5) is 4.22. The lowest BCUT2D eigenvalue weighted by atomic mass is 9.76. The van der Waals surface area contributed by atoms with Gasteiger partial charge in [0.2, 0.25) is 5.88 Å². The second kappa shape index (κ2) is 6.58. The van der Waals surface area contributed by atoms with Crippen LogP contribution in [0.15, 0.2) is 47.1 Å². The fourth-order valence-corrected chi connectivity index (χ4v) is 3.05. The average Bonchev–Trinajstić information content (AvgIpc) is 2.48. The molecular weight excluding hydrogens is 328 g/mol. The normalized spacial score (nSPS) is 20.9. The number of hydrogen-bond acceptors (Lipinski definition) is 3. The van der Waals surface area contributed by atoms with E-state index in [9.17, 15) is 0 Å². The molecule has 21 heavy (non-hydrogen) atoms. The number of rotatable bonds is 5. The summed E-state index contributed by atoms with van der Waals surface area (Å²) in [6.45, 7) is 0.814. The van der Waals surface area contributed by atoms with Crippen molar-refractivity contribution in [2.75, 3.05) is 7.11 Å². The first-order chi connectivity index (χ1) is 10.3. The van der Waals surface area contributed by atoms with Crippen LogP contribution in [0.4, 0.5) is 0 Å². The zero-order valence-electron chi connectivity index (χ0n) is 12.1. The largest absolute Gasteiger partial charge is 0.481 e. The molecule has 1 N–H and O–H groups in total. The number of aromatic nitrogens is 1. The van der Waals surface area contributed by atoms with E-state index in [1.165, 1.54) is 18.4 Å². The highest BCUT2D eigenvalue weighted by Gasteiger charge is 2.29.